The van der Waals surface area contributed by atoms with E-state index in [4.69, 9.17) is 9.47 Å². The molecule has 5 heteroatoms. The van der Waals surface area contributed by atoms with Crippen molar-refractivity contribution >= 4 is 0 Å². The fourth-order valence-electron chi connectivity index (χ4n) is 2.50. The van der Waals surface area contributed by atoms with Crippen molar-refractivity contribution in [2.24, 2.45) is 0 Å². The van der Waals surface area contributed by atoms with Crippen molar-refractivity contribution in [3.8, 4) is 5.75 Å². The first-order valence-corrected chi connectivity index (χ1v) is 7.44. The van der Waals surface area contributed by atoms with Gasteiger partial charge in [-0.2, -0.15) is 0 Å². The monoisotopic (exact) mass is 318 g/mol. The fraction of sp³-hybridized carbons (Fsp3) is 0.333. The van der Waals surface area contributed by atoms with E-state index in [1.165, 1.54) is 0 Å². The molecule has 1 fully saturated rings. The summed E-state index contributed by atoms with van der Waals surface area (Å²) in [6.45, 7) is 7.06. The first kappa shape index (κ1) is 17.4. The lowest BCUT2D eigenvalue weighted by atomic mass is 9.93. The molecule has 3 N–H and O–H groups in total. The van der Waals surface area contributed by atoms with Gasteiger partial charge in [0.15, 0.2) is 0 Å². The Balaban J connectivity index is 2.22. The fourth-order valence-corrected chi connectivity index (χ4v) is 2.50. The van der Waals surface area contributed by atoms with Crippen LogP contribution in [-0.2, 0) is 4.74 Å². The molecule has 1 heterocycles. The Hall–Kier alpha value is -1.92. The van der Waals surface area contributed by atoms with Gasteiger partial charge in [0.1, 0.15) is 23.7 Å². The molecule has 1 aliphatic rings. The largest absolute Gasteiger partial charge is 0.457 e. The van der Waals surface area contributed by atoms with Crippen molar-refractivity contribution in [1.82, 2.24) is 0 Å². The summed E-state index contributed by atoms with van der Waals surface area (Å²) in [5.41, 5.74) is 0.661. The first-order valence-electron chi connectivity index (χ1n) is 7.44. The predicted octanol–water partition coefficient (Wildman–Crippen LogP) is 1.87. The van der Waals surface area contributed by atoms with Crippen molar-refractivity contribution in [3.05, 3.63) is 67.0 Å². The Morgan fingerprint density at radius 3 is 2.78 bits per heavy atom. The molecule has 0 bridgehead atoms. The zero-order valence-corrected chi connectivity index (χ0v) is 12.8. The van der Waals surface area contributed by atoms with Crippen LogP contribution in [0.1, 0.15) is 18.1 Å². The van der Waals surface area contributed by atoms with Gasteiger partial charge in [0.25, 0.3) is 0 Å². The summed E-state index contributed by atoms with van der Waals surface area (Å²) >= 11 is 0. The van der Waals surface area contributed by atoms with Crippen LogP contribution in [0.25, 0.3) is 0 Å². The van der Waals surface area contributed by atoms with Gasteiger partial charge < -0.3 is 24.8 Å². The van der Waals surface area contributed by atoms with E-state index in [1.807, 2.05) is 0 Å². The third-order valence-electron chi connectivity index (χ3n) is 3.66. The third kappa shape index (κ3) is 4.30. The molecular formula is C18H22O5. The average Bonchev–Trinajstić information content (AvgIpc) is 2.57. The number of hydrogen-bond acceptors (Lipinski definition) is 5. The highest BCUT2D eigenvalue weighted by molar-refractivity contribution is 5.33. The number of ether oxygens (including phenoxy) is 2. The predicted molar refractivity (Wildman–Crippen MR) is 86.9 cm³/mol. The topological polar surface area (TPSA) is 79.2 Å². The molecule has 0 saturated carbocycles. The van der Waals surface area contributed by atoms with Gasteiger partial charge >= 0.3 is 0 Å². The van der Waals surface area contributed by atoms with Crippen molar-refractivity contribution in [1.29, 1.82) is 0 Å². The van der Waals surface area contributed by atoms with E-state index in [-0.39, 0.29) is 13.0 Å². The molecule has 0 spiro atoms. The molecule has 23 heavy (non-hydrogen) atoms. The summed E-state index contributed by atoms with van der Waals surface area (Å²) in [5, 5.41) is 29.4. The van der Waals surface area contributed by atoms with E-state index in [0.29, 0.717) is 17.1 Å². The minimum absolute atomic E-state index is 0.201. The molecule has 0 aromatic heterocycles. The number of allylic oxidation sites excluding steroid dienone is 3. The van der Waals surface area contributed by atoms with Crippen LogP contribution in [0.5, 0.6) is 5.75 Å². The quantitative estimate of drug-likeness (QED) is 0.551. The Bertz CT molecular complexity index is 581. The third-order valence-corrected chi connectivity index (χ3v) is 3.66. The van der Waals surface area contributed by atoms with Crippen molar-refractivity contribution in [2.75, 3.05) is 6.61 Å². The molecule has 2 rings (SSSR count). The molecule has 5 nitrogen and oxygen atoms in total. The minimum Gasteiger partial charge on any atom is -0.457 e. The second-order valence-electron chi connectivity index (χ2n) is 5.34. The Labute approximate surface area is 135 Å². The zero-order chi connectivity index (χ0) is 16.8. The number of rotatable bonds is 6. The van der Waals surface area contributed by atoms with Crippen LogP contribution in [0.15, 0.2) is 61.4 Å². The first-order chi connectivity index (χ1) is 11.1. The molecule has 1 aromatic rings. The van der Waals surface area contributed by atoms with Crippen LogP contribution in [0.2, 0.25) is 0 Å². The van der Waals surface area contributed by atoms with Crippen LogP contribution < -0.4 is 4.74 Å². The van der Waals surface area contributed by atoms with E-state index in [0.717, 1.165) is 0 Å². The normalized spacial score (nSPS) is 28.2. The highest BCUT2D eigenvalue weighted by Gasteiger charge is 2.37. The Morgan fingerprint density at radius 2 is 2.13 bits per heavy atom. The molecule has 0 radical (unpaired) electrons. The van der Waals surface area contributed by atoms with E-state index in [2.05, 4.69) is 13.2 Å². The Morgan fingerprint density at radius 1 is 1.35 bits per heavy atom. The summed E-state index contributed by atoms with van der Waals surface area (Å²) < 4.78 is 11.3. The summed E-state index contributed by atoms with van der Waals surface area (Å²) in [5.74, 6) is 1.09. The lowest BCUT2D eigenvalue weighted by molar-refractivity contribution is -0.179. The van der Waals surface area contributed by atoms with Gasteiger partial charge in [-0.1, -0.05) is 31.4 Å². The number of benzene rings is 1. The highest BCUT2D eigenvalue weighted by Crippen LogP contribution is 2.33. The smallest absolute Gasteiger partial charge is 0.127 e. The standard InChI is InChI=1S/C18H22O5/c1-3-6-13(4-2)22-14-8-5-7-12(9-14)18-17(21)16(20)10-15(11-19)23-18/h3-9,15-21H,1-2,10-11H2/b13-6+/t15?,16?,17?,18-/m1/s1. The molecule has 3 unspecified atom stereocenters. The van der Waals surface area contributed by atoms with Crippen LogP contribution in [-0.4, -0.2) is 40.2 Å². The van der Waals surface area contributed by atoms with Crippen LogP contribution in [0, 0.1) is 0 Å². The van der Waals surface area contributed by atoms with E-state index in [9.17, 15) is 15.3 Å². The van der Waals surface area contributed by atoms with E-state index < -0.39 is 24.4 Å². The lowest BCUT2D eigenvalue weighted by Crippen LogP contribution is -2.44. The molecule has 1 saturated heterocycles. The summed E-state index contributed by atoms with van der Waals surface area (Å²) in [4.78, 5) is 0. The average molecular weight is 318 g/mol. The molecule has 0 amide bonds. The second-order valence-corrected chi connectivity index (χ2v) is 5.34. The second kappa shape index (κ2) is 8.08. The molecule has 124 valence electrons. The van der Waals surface area contributed by atoms with Crippen molar-refractivity contribution < 1.29 is 24.8 Å². The van der Waals surface area contributed by atoms with Crippen LogP contribution in [0.4, 0.5) is 0 Å². The zero-order valence-electron chi connectivity index (χ0n) is 12.8. The maximum Gasteiger partial charge on any atom is 0.127 e. The maximum atomic E-state index is 10.2. The molecule has 0 aliphatic carbocycles. The van der Waals surface area contributed by atoms with Gasteiger partial charge in [-0.3, -0.25) is 0 Å². The van der Waals surface area contributed by atoms with Gasteiger partial charge in [0.05, 0.1) is 18.8 Å². The Kier molecular flexibility index (Phi) is 6.12. The number of aliphatic hydroxyl groups excluding tert-OH is 3. The molecule has 4 atom stereocenters. The number of aliphatic hydroxyl groups is 3. The maximum absolute atomic E-state index is 10.2. The lowest BCUT2D eigenvalue weighted by Gasteiger charge is -2.36. The number of hydrogen-bond donors (Lipinski definition) is 3. The summed E-state index contributed by atoms with van der Waals surface area (Å²) in [6, 6.07) is 7.03. The summed E-state index contributed by atoms with van der Waals surface area (Å²) in [6.07, 6.45) is 1.80. The van der Waals surface area contributed by atoms with E-state index >= 15 is 0 Å². The highest BCUT2D eigenvalue weighted by atomic mass is 16.5. The minimum atomic E-state index is -1.06. The van der Waals surface area contributed by atoms with Gasteiger partial charge in [-0.25, -0.2) is 0 Å². The summed E-state index contributed by atoms with van der Waals surface area (Å²) in [7, 11) is 0. The van der Waals surface area contributed by atoms with Crippen LogP contribution in [0.3, 0.4) is 0 Å². The van der Waals surface area contributed by atoms with Gasteiger partial charge in [-0.15, -0.1) is 0 Å². The SMILES string of the molecule is C=C/C=C(\C=C)Oc1cccc([C@H]2OC(CO)CC(O)C2O)c1. The molecular weight excluding hydrogens is 296 g/mol. The van der Waals surface area contributed by atoms with Crippen LogP contribution >= 0.6 is 0 Å². The van der Waals surface area contributed by atoms with Crippen molar-refractivity contribution in [3.63, 3.8) is 0 Å². The molecule has 1 aliphatic heterocycles. The van der Waals surface area contributed by atoms with E-state index in [1.54, 1.807) is 42.5 Å². The van der Waals surface area contributed by atoms with Gasteiger partial charge in [0.2, 0.25) is 0 Å². The van der Waals surface area contributed by atoms with Crippen molar-refractivity contribution in [2.45, 2.75) is 30.8 Å². The van der Waals surface area contributed by atoms with Gasteiger partial charge in [-0.05, 0) is 29.8 Å². The van der Waals surface area contributed by atoms with Gasteiger partial charge in [0, 0.05) is 6.42 Å². The molecule has 1 aromatic carbocycles.